The third-order valence-electron chi connectivity index (χ3n) is 8.20. The zero-order valence-corrected chi connectivity index (χ0v) is 24.6. The van der Waals surface area contributed by atoms with Crippen molar-refractivity contribution in [2.45, 2.75) is 46.5 Å². The summed E-state index contributed by atoms with van der Waals surface area (Å²) in [4.78, 5) is 0. The highest BCUT2D eigenvalue weighted by Crippen LogP contribution is 2.38. The van der Waals surface area contributed by atoms with Crippen LogP contribution in [0.25, 0.3) is 0 Å². The summed E-state index contributed by atoms with van der Waals surface area (Å²) in [6.07, 6.45) is 1.11. The van der Waals surface area contributed by atoms with Crippen molar-refractivity contribution < 1.29 is 15.3 Å². The van der Waals surface area contributed by atoms with E-state index in [1.807, 2.05) is 64.1 Å². The molecule has 0 amide bonds. The number of aryl methyl sites for hydroxylation is 4. The van der Waals surface area contributed by atoms with Gasteiger partial charge in [0.1, 0.15) is 17.2 Å². The zero-order chi connectivity index (χ0) is 30.1. The molecule has 0 saturated heterocycles. The van der Waals surface area contributed by atoms with Crippen molar-refractivity contribution >= 4 is 11.4 Å². The fourth-order valence-corrected chi connectivity index (χ4v) is 5.87. The summed E-state index contributed by atoms with van der Waals surface area (Å²) in [5.74, 6) is 0.458. The molecule has 5 nitrogen and oxygen atoms in total. The average Bonchev–Trinajstić information content (AvgIpc) is 2.95. The van der Waals surface area contributed by atoms with Crippen LogP contribution in [-0.2, 0) is 12.8 Å². The van der Waals surface area contributed by atoms with Crippen LogP contribution in [-0.4, -0.2) is 15.3 Å². The van der Waals surface area contributed by atoms with E-state index in [0.29, 0.717) is 12.8 Å². The van der Waals surface area contributed by atoms with Crippen molar-refractivity contribution in [1.82, 2.24) is 0 Å². The lowest BCUT2D eigenvalue weighted by Crippen LogP contribution is -2.06. The van der Waals surface area contributed by atoms with Gasteiger partial charge in [-0.05, 0) is 113 Å². The van der Waals surface area contributed by atoms with Gasteiger partial charge in [-0.3, -0.25) is 0 Å². The summed E-state index contributed by atoms with van der Waals surface area (Å²) in [6, 6.07) is 26.9. The molecule has 42 heavy (non-hydrogen) atoms. The lowest BCUT2D eigenvalue weighted by molar-refractivity contribution is 0.469. The van der Waals surface area contributed by atoms with Crippen LogP contribution in [0.5, 0.6) is 17.2 Å². The SMILES string of the molecule is Cc1cc(Cc2cc(C(c3ccc(O)cc3)c3ccc(O)c(Cc4cc(C)c(N)c(C)c4)c3)ccc2O)cc(C)c1N. The first-order chi connectivity index (χ1) is 20.0. The third-order valence-corrected chi connectivity index (χ3v) is 8.20. The molecule has 7 N–H and O–H groups in total. The third kappa shape index (κ3) is 5.91. The second-order valence-corrected chi connectivity index (χ2v) is 11.4. The van der Waals surface area contributed by atoms with Gasteiger partial charge >= 0.3 is 0 Å². The highest BCUT2D eigenvalue weighted by Gasteiger charge is 2.20. The molecule has 0 aliphatic carbocycles. The van der Waals surface area contributed by atoms with Gasteiger partial charge in [0.25, 0.3) is 0 Å². The van der Waals surface area contributed by atoms with Crippen molar-refractivity contribution in [2.24, 2.45) is 0 Å². The van der Waals surface area contributed by atoms with Crippen LogP contribution in [0.1, 0.15) is 67.1 Å². The quantitative estimate of drug-likeness (QED) is 0.104. The number of anilines is 2. The number of nitrogen functional groups attached to an aromatic ring is 2. The Morgan fingerprint density at radius 1 is 0.500 bits per heavy atom. The Morgan fingerprint density at radius 3 is 1.24 bits per heavy atom. The van der Waals surface area contributed by atoms with E-state index < -0.39 is 0 Å². The van der Waals surface area contributed by atoms with Crippen LogP contribution in [0, 0.1) is 27.7 Å². The molecule has 0 spiro atoms. The van der Waals surface area contributed by atoms with Crippen LogP contribution in [0.4, 0.5) is 11.4 Å². The van der Waals surface area contributed by atoms with Crippen molar-refractivity contribution in [3.63, 3.8) is 0 Å². The molecule has 0 aliphatic rings. The van der Waals surface area contributed by atoms with E-state index in [2.05, 4.69) is 24.3 Å². The molecule has 0 saturated carbocycles. The molecule has 5 heteroatoms. The first-order valence-corrected chi connectivity index (χ1v) is 14.1. The minimum atomic E-state index is -0.200. The van der Waals surface area contributed by atoms with Gasteiger partial charge in [0.05, 0.1) is 0 Å². The lowest BCUT2D eigenvalue weighted by atomic mass is 9.82. The highest BCUT2D eigenvalue weighted by atomic mass is 16.3. The van der Waals surface area contributed by atoms with Crippen molar-refractivity contribution in [3.05, 3.63) is 146 Å². The van der Waals surface area contributed by atoms with Crippen molar-refractivity contribution in [3.8, 4) is 17.2 Å². The molecule has 5 aromatic rings. The summed E-state index contributed by atoms with van der Waals surface area (Å²) in [5.41, 5.74) is 24.8. The fraction of sp³-hybridized carbons (Fsp3) is 0.189. The first-order valence-electron chi connectivity index (χ1n) is 14.1. The summed E-state index contributed by atoms with van der Waals surface area (Å²) >= 11 is 0. The smallest absolute Gasteiger partial charge is 0.119 e. The van der Waals surface area contributed by atoms with E-state index in [-0.39, 0.29) is 23.2 Å². The Bertz CT molecular complexity index is 1620. The van der Waals surface area contributed by atoms with Gasteiger partial charge in [0, 0.05) is 30.1 Å². The summed E-state index contributed by atoms with van der Waals surface area (Å²) in [5, 5.41) is 31.7. The topological polar surface area (TPSA) is 113 Å². The van der Waals surface area contributed by atoms with Crippen LogP contribution < -0.4 is 11.5 Å². The normalized spacial score (nSPS) is 11.3. The molecule has 0 unspecified atom stereocenters. The largest absolute Gasteiger partial charge is 0.508 e. The number of nitrogens with two attached hydrogens (primary N) is 2. The van der Waals surface area contributed by atoms with E-state index >= 15 is 0 Å². The molecule has 0 fully saturated rings. The summed E-state index contributed by atoms with van der Waals surface area (Å²) in [6.45, 7) is 7.99. The number of aromatic hydroxyl groups is 3. The van der Waals surface area contributed by atoms with Gasteiger partial charge in [-0.2, -0.15) is 0 Å². The predicted molar refractivity (Wildman–Crippen MR) is 172 cm³/mol. The van der Waals surface area contributed by atoms with Crippen LogP contribution in [0.2, 0.25) is 0 Å². The fourth-order valence-electron chi connectivity index (χ4n) is 5.87. The van der Waals surface area contributed by atoms with Gasteiger partial charge in [-0.15, -0.1) is 0 Å². The minimum absolute atomic E-state index is 0.193. The van der Waals surface area contributed by atoms with Crippen LogP contribution >= 0.6 is 0 Å². The number of hydrogen-bond acceptors (Lipinski definition) is 5. The molecular weight excluding hydrogens is 520 g/mol. The number of benzene rings is 5. The Hall–Kier alpha value is -4.90. The molecule has 214 valence electrons. The number of hydrogen-bond donors (Lipinski definition) is 5. The lowest BCUT2D eigenvalue weighted by Gasteiger charge is -2.22. The maximum atomic E-state index is 10.9. The standard InChI is InChI=1S/C37H38N2O3/c1-21-13-25(14-22(2)36(21)38)17-30-19-28(7-11-33(30)41)35(27-5-9-32(40)10-6-27)29-8-12-34(42)31(20-29)18-26-15-23(3)37(39)24(4)16-26/h5-16,19-20,35,40-42H,17-18,38-39H2,1-4H3. The molecule has 5 rings (SSSR count). The maximum Gasteiger partial charge on any atom is 0.119 e. The molecular formula is C37H38N2O3. The number of phenolic OH excluding ortho intramolecular Hbond substituents is 3. The molecule has 0 aliphatic heterocycles. The van der Waals surface area contributed by atoms with E-state index in [1.165, 1.54) is 0 Å². The summed E-state index contributed by atoms with van der Waals surface area (Å²) < 4.78 is 0. The Balaban J connectivity index is 1.58. The molecule has 0 atom stereocenters. The van der Waals surface area contributed by atoms with Gasteiger partial charge in [-0.25, -0.2) is 0 Å². The monoisotopic (exact) mass is 558 g/mol. The molecule has 0 aromatic heterocycles. The Labute approximate surface area is 247 Å². The van der Waals surface area contributed by atoms with E-state index in [4.69, 9.17) is 11.5 Å². The van der Waals surface area contributed by atoms with Gasteiger partial charge in [0.15, 0.2) is 0 Å². The van der Waals surface area contributed by atoms with Crippen molar-refractivity contribution in [1.29, 1.82) is 0 Å². The summed E-state index contributed by atoms with van der Waals surface area (Å²) in [7, 11) is 0. The average molecular weight is 559 g/mol. The zero-order valence-electron chi connectivity index (χ0n) is 24.6. The van der Waals surface area contributed by atoms with Crippen molar-refractivity contribution in [2.75, 3.05) is 11.5 Å². The molecule has 5 aromatic carbocycles. The first kappa shape index (κ1) is 28.6. The highest BCUT2D eigenvalue weighted by molar-refractivity contribution is 5.57. The Morgan fingerprint density at radius 2 is 0.857 bits per heavy atom. The molecule has 0 heterocycles. The maximum absolute atomic E-state index is 10.9. The predicted octanol–water partition coefficient (Wildman–Crippen LogP) is 7.56. The molecule has 0 bridgehead atoms. The Kier molecular flexibility index (Phi) is 7.86. The van der Waals surface area contributed by atoms with Gasteiger partial charge < -0.3 is 26.8 Å². The second-order valence-electron chi connectivity index (χ2n) is 11.4. The van der Waals surface area contributed by atoms with E-state index in [1.54, 1.807) is 24.3 Å². The number of rotatable bonds is 7. The minimum Gasteiger partial charge on any atom is -0.508 e. The second kappa shape index (κ2) is 11.5. The number of phenols is 3. The van der Waals surface area contributed by atoms with Gasteiger partial charge in [-0.1, -0.05) is 60.7 Å². The molecule has 0 radical (unpaired) electrons. The van der Waals surface area contributed by atoms with Crippen LogP contribution in [0.3, 0.4) is 0 Å². The van der Waals surface area contributed by atoms with Crippen LogP contribution in [0.15, 0.2) is 84.9 Å². The van der Waals surface area contributed by atoms with E-state index in [9.17, 15) is 15.3 Å². The van der Waals surface area contributed by atoms with Gasteiger partial charge in [0.2, 0.25) is 0 Å². The van der Waals surface area contributed by atoms with E-state index in [0.717, 1.165) is 72.6 Å².